The minimum Gasteiger partial charge on any atom is -0.486 e. The summed E-state index contributed by atoms with van der Waals surface area (Å²) < 4.78 is 18.3. The number of aromatic nitrogens is 2. The molecule has 8 heteroatoms. The Morgan fingerprint density at radius 2 is 1.81 bits per heavy atom. The van der Waals surface area contributed by atoms with Crippen molar-refractivity contribution in [1.29, 1.82) is 0 Å². The first kappa shape index (κ1) is 19.3. The molecular weight excluding hydrogens is 412 g/mol. The van der Waals surface area contributed by atoms with Crippen LogP contribution >= 0.6 is 0 Å². The number of nitrogens with zero attached hydrogens (tertiary/aromatic N) is 2. The molecule has 3 aromatic rings. The monoisotopic (exact) mass is 434 g/mol. The van der Waals surface area contributed by atoms with Gasteiger partial charge < -0.3 is 23.9 Å². The zero-order valence-corrected chi connectivity index (χ0v) is 17.9. The third-order valence-electron chi connectivity index (χ3n) is 6.82. The number of esters is 1. The highest BCUT2D eigenvalue weighted by Gasteiger charge is 2.45. The van der Waals surface area contributed by atoms with Crippen LogP contribution in [0.25, 0.3) is 22.3 Å². The molecule has 0 amide bonds. The third kappa shape index (κ3) is 2.38. The van der Waals surface area contributed by atoms with E-state index >= 15 is 0 Å². The van der Waals surface area contributed by atoms with E-state index in [1.165, 1.54) is 0 Å². The Kier molecular flexibility index (Phi) is 3.96. The van der Waals surface area contributed by atoms with E-state index in [0.29, 0.717) is 53.8 Å². The van der Waals surface area contributed by atoms with E-state index in [-0.39, 0.29) is 18.6 Å². The molecule has 0 saturated carbocycles. The Balaban J connectivity index is 1.64. The predicted molar refractivity (Wildman–Crippen MR) is 115 cm³/mol. The highest BCUT2D eigenvalue weighted by molar-refractivity contribution is 5.91. The molecule has 6 rings (SSSR count). The maximum absolute atomic E-state index is 13.4. The number of carbonyl (C=O) groups excluding carboxylic acids is 1. The standard InChI is InChI=1S/C24H22N2O6/c1-3-12-13-7-19-20(31-6-5-30-19)9-17(13)25-21-14(12)10-26-18(21)8-16-15(22(26)27)11-32-23(28)24(16,29)4-2/h7-9,29H,3-6,10-11H2,1-2H3. The molecule has 32 heavy (non-hydrogen) atoms. The molecule has 1 aromatic carbocycles. The average Bonchev–Trinajstić information content (AvgIpc) is 3.17. The van der Waals surface area contributed by atoms with Crippen molar-refractivity contribution in [2.24, 2.45) is 0 Å². The number of carbonyl (C=O) groups is 1. The number of hydrogen-bond donors (Lipinski definition) is 1. The molecular formula is C24H22N2O6. The molecule has 2 aromatic heterocycles. The SMILES string of the molecule is CCc1c2c(nc3cc4c(cc13)OCCO4)-c1cc3c(c(=O)n1C2)COC(=O)C3(O)CC. The minimum atomic E-state index is -1.83. The number of pyridine rings is 2. The molecule has 8 nitrogen and oxygen atoms in total. The highest BCUT2D eigenvalue weighted by atomic mass is 16.6. The summed E-state index contributed by atoms with van der Waals surface area (Å²) >= 11 is 0. The Hall–Kier alpha value is -3.39. The summed E-state index contributed by atoms with van der Waals surface area (Å²) in [5.41, 5.74) is 2.69. The van der Waals surface area contributed by atoms with Crippen LogP contribution in [0.2, 0.25) is 0 Å². The lowest BCUT2D eigenvalue weighted by atomic mass is 9.86. The van der Waals surface area contributed by atoms with Crippen LogP contribution in [0.3, 0.4) is 0 Å². The van der Waals surface area contributed by atoms with Gasteiger partial charge in [0.05, 0.1) is 29.0 Å². The Morgan fingerprint density at radius 3 is 2.53 bits per heavy atom. The van der Waals surface area contributed by atoms with Crippen LogP contribution in [-0.4, -0.2) is 33.8 Å². The molecule has 1 atom stereocenters. The number of rotatable bonds is 2. The molecule has 0 bridgehead atoms. The second kappa shape index (κ2) is 6.56. The average molecular weight is 434 g/mol. The van der Waals surface area contributed by atoms with Gasteiger partial charge in [0.1, 0.15) is 19.8 Å². The van der Waals surface area contributed by atoms with E-state index in [2.05, 4.69) is 6.92 Å². The first-order valence-electron chi connectivity index (χ1n) is 10.9. The van der Waals surface area contributed by atoms with Crippen molar-refractivity contribution in [2.75, 3.05) is 13.2 Å². The van der Waals surface area contributed by atoms with Gasteiger partial charge in [-0.1, -0.05) is 13.8 Å². The minimum absolute atomic E-state index is 0.115. The van der Waals surface area contributed by atoms with Crippen LogP contribution in [0.4, 0.5) is 0 Å². The Morgan fingerprint density at radius 1 is 1.06 bits per heavy atom. The largest absolute Gasteiger partial charge is 0.486 e. The normalized spacial score (nSPS) is 20.5. The lowest BCUT2D eigenvalue weighted by Crippen LogP contribution is -2.44. The summed E-state index contributed by atoms with van der Waals surface area (Å²) in [4.78, 5) is 30.6. The van der Waals surface area contributed by atoms with Gasteiger partial charge >= 0.3 is 5.97 Å². The van der Waals surface area contributed by atoms with Crippen LogP contribution < -0.4 is 15.0 Å². The number of cyclic esters (lactones) is 1. The van der Waals surface area contributed by atoms with Gasteiger partial charge in [0.25, 0.3) is 5.56 Å². The van der Waals surface area contributed by atoms with Gasteiger partial charge in [0.15, 0.2) is 17.1 Å². The molecule has 3 aliphatic rings. The summed E-state index contributed by atoms with van der Waals surface area (Å²) in [6.07, 6.45) is 0.868. The molecule has 0 radical (unpaired) electrons. The smallest absolute Gasteiger partial charge is 0.343 e. The number of aryl methyl sites for hydroxylation is 1. The zero-order valence-electron chi connectivity index (χ0n) is 17.9. The lowest BCUT2D eigenvalue weighted by Gasteiger charge is -2.31. The number of benzene rings is 1. The van der Waals surface area contributed by atoms with Gasteiger partial charge in [0, 0.05) is 22.6 Å². The topological polar surface area (TPSA) is 99.9 Å². The Bertz CT molecular complexity index is 1390. The first-order chi connectivity index (χ1) is 15.5. The number of ether oxygens (including phenoxy) is 3. The Labute approximate surface area is 183 Å². The van der Waals surface area contributed by atoms with Crippen LogP contribution in [0.1, 0.15) is 42.5 Å². The second-order valence-corrected chi connectivity index (χ2v) is 8.39. The van der Waals surface area contributed by atoms with Crippen LogP contribution in [0.5, 0.6) is 11.5 Å². The number of aliphatic hydroxyl groups is 1. The quantitative estimate of drug-likeness (QED) is 0.484. The fourth-order valence-corrected chi connectivity index (χ4v) is 5.10. The van der Waals surface area contributed by atoms with Crippen molar-refractivity contribution in [1.82, 2.24) is 9.55 Å². The fraction of sp³-hybridized carbons (Fsp3) is 0.375. The molecule has 0 aliphatic carbocycles. The summed E-state index contributed by atoms with van der Waals surface area (Å²) in [6.45, 7) is 5.01. The molecule has 5 heterocycles. The summed E-state index contributed by atoms with van der Waals surface area (Å²) in [5, 5.41) is 12.0. The molecule has 164 valence electrons. The van der Waals surface area contributed by atoms with E-state index in [9.17, 15) is 14.7 Å². The van der Waals surface area contributed by atoms with Crippen molar-refractivity contribution >= 4 is 16.9 Å². The van der Waals surface area contributed by atoms with Crippen LogP contribution in [0.15, 0.2) is 23.0 Å². The van der Waals surface area contributed by atoms with Crippen molar-refractivity contribution in [3.8, 4) is 22.9 Å². The molecule has 1 N–H and O–H groups in total. The number of hydrogen-bond acceptors (Lipinski definition) is 7. The molecule has 0 spiro atoms. The highest BCUT2D eigenvalue weighted by Crippen LogP contribution is 2.42. The summed E-state index contributed by atoms with van der Waals surface area (Å²) in [7, 11) is 0. The summed E-state index contributed by atoms with van der Waals surface area (Å²) in [6, 6.07) is 5.58. The molecule has 0 saturated heterocycles. The maximum Gasteiger partial charge on any atom is 0.343 e. The van der Waals surface area contributed by atoms with Crippen molar-refractivity contribution in [2.45, 2.75) is 45.4 Å². The van der Waals surface area contributed by atoms with Crippen LogP contribution in [0, 0.1) is 0 Å². The van der Waals surface area contributed by atoms with Gasteiger partial charge in [-0.2, -0.15) is 0 Å². The fourth-order valence-electron chi connectivity index (χ4n) is 5.10. The second-order valence-electron chi connectivity index (χ2n) is 8.39. The van der Waals surface area contributed by atoms with E-state index < -0.39 is 11.6 Å². The van der Waals surface area contributed by atoms with Gasteiger partial charge in [-0.05, 0) is 30.5 Å². The van der Waals surface area contributed by atoms with E-state index in [1.807, 2.05) is 12.1 Å². The lowest BCUT2D eigenvalue weighted by molar-refractivity contribution is -0.172. The van der Waals surface area contributed by atoms with E-state index in [1.54, 1.807) is 17.6 Å². The molecule has 1 unspecified atom stereocenters. The van der Waals surface area contributed by atoms with Crippen LogP contribution in [-0.2, 0) is 34.7 Å². The van der Waals surface area contributed by atoms with E-state index in [0.717, 1.165) is 28.5 Å². The third-order valence-corrected chi connectivity index (χ3v) is 6.82. The zero-order chi connectivity index (χ0) is 22.2. The maximum atomic E-state index is 13.4. The van der Waals surface area contributed by atoms with Gasteiger partial charge in [-0.15, -0.1) is 0 Å². The number of fused-ring (bicyclic) bond motifs is 6. The van der Waals surface area contributed by atoms with Crippen molar-refractivity contribution in [3.05, 3.63) is 50.8 Å². The first-order valence-corrected chi connectivity index (χ1v) is 10.9. The van der Waals surface area contributed by atoms with E-state index in [4.69, 9.17) is 19.2 Å². The van der Waals surface area contributed by atoms with Gasteiger partial charge in [-0.25, -0.2) is 9.78 Å². The molecule has 0 fully saturated rings. The van der Waals surface area contributed by atoms with Gasteiger partial charge in [0.2, 0.25) is 0 Å². The molecule has 3 aliphatic heterocycles. The summed E-state index contributed by atoms with van der Waals surface area (Å²) in [5.74, 6) is 0.633. The van der Waals surface area contributed by atoms with Gasteiger partial charge in [-0.3, -0.25) is 4.79 Å². The van der Waals surface area contributed by atoms with Crippen molar-refractivity contribution in [3.63, 3.8) is 0 Å². The predicted octanol–water partition coefficient (Wildman–Crippen LogP) is 2.41. The van der Waals surface area contributed by atoms with Crippen molar-refractivity contribution < 1.29 is 24.1 Å².